The van der Waals surface area contributed by atoms with Crippen LogP contribution in [0.2, 0.25) is 0 Å². The number of carbonyl (C=O) groups is 1. The van der Waals surface area contributed by atoms with Crippen LogP contribution < -0.4 is 5.76 Å². The first-order valence-corrected chi connectivity index (χ1v) is 10.2. The van der Waals surface area contributed by atoms with Crippen molar-refractivity contribution in [2.24, 2.45) is 0 Å². The fourth-order valence-corrected chi connectivity index (χ4v) is 4.26. The fraction of sp³-hybridized carbons (Fsp3) is 0.529. The molecule has 10 heteroatoms. The Morgan fingerprint density at radius 2 is 1.81 bits per heavy atom. The number of carbonyl (C=O) groups excluding carboxylic acids is 1. The van der Waals surface area contributed by atoms with Gasteiger partial charge in [-0.05, 0) is 18.6 Å². The third-order valence-corrected chi connectivity index (χ3v) is 6.67. The van der Waals surface area contributed by atoms with Gasteiger partial charge in [-0.25, -0.2) is 4.79 Å². The van der Waals surface area contributed by atoms with Gasteiger partial charge in [0.1, 0.15) is 0 Å². The molecule has 0 N–H and O–H groups in total. The van der Waals surface area contributed by atoms with Crippen molar-refractivity contribution in [2.75, 3.05) is 40.3 Å². The topological polar surface area (TPSA) is 96.1 Å². The molecule has 0 atom stereocenters. The summed E-state index contributed by atoms with van der Waals surface area (Å²) >= 11 is 0. The van der Waals surface area contributed by atoms with Gasteiger partial charge in [0.05, 0.1) is 5.52 Å². The number of aromatic nitrogens is 1. The summed E-state index contributed by atoms with van der Waals surface area (Å²) in [7, 11) is -0.452. The molecule has 0 unspecified atom stereocenters. The Bertz CT molecular complexity index is 971. The summed E-state index contributed by atoms with van der Waals surface area (Å²) in [5, 5.41) is 0. The monoisotopic (exact) mass is 396 g/mol. The molecule has 1 amide bonds. The van der Waals surface area contributed by atoms with Crippen LogP contribution in [0.5, 0.6) is 0 Å². The average Bonchev–Trinajstić information content (AvgIpc) is 2.97. The van der Waals surface area contributed by atoms with Crippen LogP contribution in [-0.2, 0) is 21.5 Å². The van der Waals surface area contributed by atoms with E-state index in [1.54, 1.807) is 17.0 Å². The Morgan fingerprint density at radius 1 is 1.15 bits per heavy atom. The van der Waals surface area contributed by atoms with Crippen molar-refractivity contribution in [1.82, 2.24) is 18.1 Å². The zero-order valence-electron chi connectivity index (χ0n) is 15.5. The van der Waals surface area contributed by atoms with Crippen molar-refractivity contribution < 1.29 is 17.6 Å². The van der Waals surface area contributed by atoms with Gasteiger partial charge in [-0.1, -0.05) is 12.1 Å². The van der Waals surface area contributed by atoms with Crippen LogP contribution in [0, 0.1) is 0 Å². The van der Waals surface area contributed by atoms with Crippen molar-refractivity contribution in [3.05, 3.63) is 34.8 Å². The largest absolute Gasteiger partial charge is 0.419 e. The van der Waals surface area contributed by atoms with E-state index < -0.39 is 16.0 Å². The predicted molar refractivity (Wildman–Crippen MR) is 100 cm³/mol. The van der Waals surface area contributed by atoms with Crippen molar-refractivity contribution in [2.45, 2.75) is 19.4 Å². The van der Waals surface area contributed by atoms with Crippen LogP contribution >= 0.6 is 0 Å². The normalized spacial score (nSPS) is 16.3. The molecule has 27 heavy (non-hydrogen) atoms. The van der Waals surface area contributed by atoms with Crippen LogP contribution in [0.4, 0.5) is 0 Å². The molecule has 3 rings (SSSR count). The zero-order chi connectivity index (χ0) is 19.6. The summed E-state index contributed by atoms with van der Waals surface area (Å²) in [5.41, 5.74) is 1.25. The molecule has 1 aliphatic rings. The second-order valence-electron chi connectivity index (χ2n) is 6.66. The number of oxazole rings is 1. The lowest BCUT2D eigenvalue weighted by Gasteiger charge is -2.35. The molecule has 0 saturated carbocycles. The van der Waals surface area contributed by atoms with Gasteiger partial charge in [0.25, 0.3) is 10.2 Å². The number of amides is 1. The molecule has 9 nitrogen and oxygen atoms in total. The highest BCUT2D eigenvalue weighted by Gasteiger charge is 2.29. The lowest BCUT2D eigenvalue weighted by molar-refractivity contribution is -0.132. The van der Waals surface area contributed by atoms with E-state index in [4.69, 9.17) is 4.42 Å². The zero-order valence-corrected chi connectivity index (χ0v) is 16.3. The highest BCUT2D eigenvalue weighted by Crippen LogP contribution is 2.14. The van der Waals surface area contributed by atoms with Gasteiger partial charge in [-0.2, -0.15) is 17.0 Å². The van der Waals surface area contributed by atoms with E-state index in [0.29, 0.717) is 38.1 Å². The minimum absolute atomic E-state index is 0.0299. The lowest BCUT2D eigenvalue weighted by Crippen LogP contribution is -2.53. The minimum Gasteiger partial charge on any atom is -0.408 e. The summed E-state index contributed by atoms with van der Waals surface area (Å²) in [6, 6.07) is 7.18. The maximum atomic E-state index is 12.4. The van der Waals surface area contributed by atoms with Gasteiger partial charge in [0, 0.05) is 53.2 Å². The SMILES string of the molecule is CN(C)S(=O)(=O)N1CCN(C(=O)CCCn2c(=O)oc3ccccc32)CC1. The van der Waals surface area contributed by atoms with Crippen LogP contribution in [0.1, 0.15) is 12.8 Å². The molecule has 1 saturated heterocycles. The van der Waals surface area contributed by atoms with Gasteiger partial charge < -0.3 is 9.32 Å². The molecular weight excluding hydrogens is 372 g/mol. The van der Waals surface area contributed by atoms with Crippen LogP contribution in [0.3, 0.4) is 0 Å². The Hall–Kier alpha value is -2.17. The predicted octanol–water partition coefficient (Wildman–Crippen LogP) is 0.325. The molecular formula is C17H24N4O5S. The minimum atomic E-state index is -3.44. The smallest absolute Gasteiger partial charge is 0.408 e. The molecule has 0 aliphatic carbocycles. The molecule has 1 fully saturated rings. The molecule has 148 valence electrons. The van der Waals surface area contributed by atoms with Gasteiger partial charge in [-0.3, -0.25) is 9.36 Å². The molecule has 2 aromatic rings. The van der Waals surface area contributed by atoms with E-state index in [1.165, 1.54) is 27.3 Å². The summed E-state index contributed by atoms with van der Waals surface area (Å²) < 4.78 is 33.5. The van der Waals surface area contributed by atoms with Gasteiger partial charge in [-0.15, -0.1) is 0 Å². The number of rotatable bonds is 6. The maximum absolute atomic E-state index is 12.4. The molecule has 1 aromatic heterocycles. The van der Waals surface area contributed by atoms with E-state index in [2.05, 4.69) is 0 Å². The maximum Gasteiger partial charge on any atom is 0.419 e. The number of piperazine rings is 1. The van der Waals surface area contributed by atoms with Crippen LogP contribution in [-0.4, -0.2) is 72.7 Å². The molecule has 2 heterocycles. The summed E-state index contributed by atoms with van der Waals surface area (Å²) in [6.07, 6.45) is 0.810. The Morgan fingerprint density at radius 3 is 2.48 bits per heavy atom. The van der Waals surface area contributed by atoms with Gasteiger partial charge in [0.2, 0.25) is 5.91 Å². The number of benzene rings is 1. The lowest BCUT2D eigenvalue weighted by atomic mass is 10.2. The summed E-state index contributed by atoms with van der Waals surface area (Å²) in [6.45, 7) is 1.73. The van der Waals surface area contributed by atoms with Crippen molar-refractivity contribution in [1.29, 1.82) is 0 Å². The third kappa shape index (κ3) is 4.07. The Kier molecular flexibility index (Phi) is 5.68. The quantitative estimate of drug-likeness (QED) is 0.701. The number of nitrogens with zero attached hydrogens (tertiary/aromatic N) is 4. The average molecular weight is 396 g/mol. The molecule has 0 spiro atoms. The van der Waals surface area contributed by atoms with E-state index in [-0.39, 0.29) is 19.0 Å². The number of para-hydroxylation sites is 2. The Labute approximate surface area is 157 Å². The van der Waals surface area contributed by atoms with Crippen LogP contribution in [0.25, 0.3) is 11.1 Å². The van der Waals surface area contributed by atoms with Crippen LogP contribution in [0.15, 0.2) is 33.5 Å². The number of fused-ring (bicyclic) bond motifs is 1. The summed E-state index contributed by atoms with van der Waals surface area (Å²) in [5.74, 6) is -0.455. The fourth-order valence-electron chi connectivity index (χ4n) is 3.17. The third-order valence-electron chi connectivity index (χ3n) is 4.73. The molecule has 1 aromatic carbocycles. The second kappa shape index (κ2) is 7.83. The van der Waals surface area contributed by atoms with E-state index in [9.17, 15) is 18.0 Å². The first kappa shape index (κ1) is 19.6. The molecule has 1 aliphatic heterocycles. The van der Waals surface area contributed by atoms with Gasteiger partial charge >= 0.3 is 5.76 Å². The number of aryl methyl sites for hydroxylation is 1. The van der Waals surface area contributed by atoms with Crippen molar-refractivity contribution >= 4 is 27.2 Å². The second-order valence-corrected chi connectivity index (χ2v) is 8.80. The highest BCUT2D eigenvalue weighted by atomic mass is 32.2. The van der Waals surface area contributed by atoms with Crippen molar-refractivity contribution in [3.63, 3.8) is 0 Å². The van der Waals surface area contributed by atoms with E-state index in [0.717, 1.165) is 5.52 Å². The first-order valence-electron chi connectivity index (χ1n) is 8.84. The molecule has 0 radical (unpaired) electrons. The number of hydrogen-bond acceptors (Lipinski definition) is 5. The van der Waals surface area contributed by atoms with Crippen molar-refractivity contribution in [3.8, 4) is 0 Å². The molecule has 0 bridgehead atoms. The van der Waals surface area contributed by atoms with E-state index >= 15 is 0 Å². The first-order chi connectivity index (χ1) is 12.8. The number of hydrogen-bond donors (Lipinski definition) is 0. The summed E-state index contributed by atoms with van der Waals surface area (Å²) in [4.78, 5) is 26.0. The standard InChI is InChI=1S/C17H24N4O5S/c1-18(2)27(24,25)20-12-10-19(11-13-20)16(22)8-5-9-21-14-6-3-4-7-15(14)26-17(21)23/h3-4,6-7H,5,8-13H2,1-2H3. The van der Waals surface area contributed by atoms with E-state index in [1.807, 2.05) is 12.1 Å². The Balaban J connectivity index is 1.52. The highest BCUT2D eigenvalue weighted by molar-refractivity contribution is 7.86. The van der Waals surface area contributed by atoms with Gasteiger partial charge in [0.15, 0.2) is 5.58 Å².